The third-order valence-electron chi connectivity index (χ3n) is 3.26. The van der Waals surface area contributed by atoms with Crippen LogP contribution in [0.2, 0.25) is 0 Å². The lowest BCUT2D eigenvalue weighted by atomic mass is 10.2. The molecule has 3 aromatic rings. The first kappa shape index (κ1) is 15.5. The minimum absolute atomic E-state index is 0.575. The first-order valence-corrected chi connectivity index (χ1v) is 8.10. The van der Waals surface area contributed by atoms with Gasteiger partial charge in [0.1, 0.15) is 5.82 Å². The van der Waals surface area contributed by atoms with Gasteiger partial charge in [-0.15, -0.1) is 0 Å². The number of hydrogen-bond acceptors (Lipinski definition) is 4. The summed E-state index contributed by atoms with van der Waals surface area (Å²) in [6.07, 6.45) is 0. The Hall–Kier alpha value is -2.40. The zero-order valence-electron chi connectivity index (χ0n) is 13.0. The molecule has 1 heterocycles. The van der Waals surface area contributed by atoms with Crippen LogP contribution in [-0.4, -0.2) is 9.97 Å². The fraction of sp³-hybridized carbons (Fsp3) is 0.111. The Kier molecular flexibility index (Phi) is 4.57. The van der Waals surface area contributed by atoms with Gasteiger partial charge in [-0.3, -0.25) is 0 Å². The molecule has 0 bridgehead atoms. The van der Waals surface area contributed by atoms with E-state index >= 15 is 0 Å². The van der Waals surface area contributed by atoms with E-state index in [1.807, 2.05) is 49.4 Å². The van der Waals surface area contributed by atoms with E-state index in [1.54, 1.807) is 0 Å². The van der Waals surface area contributed by atoms with Gasteiger partial charge < -0.3 is 10.6 Å². The molecule has 0 radical (unpaired) electrons. The molecule has 0 aliphatic heterocycles. The van der Waals surface area contributed by atoms with Crippen molar-refractivity contribution >= 4 is 39.1 Å². The molecule has 3 rings (SSSR count). The maximum Gasteiger partial charge on any atom is 0.229 e. The predicted molar refractivity (Wildman–Crippen MR) is 98.7 cm³/mol. The monoisotopic (exact) mass is 368 g/mol. The van der Waals surface area contributed by atoms with Gasteiger partial charge in [0.25, 0.3) is 0 Å². The molecule has 0 saturated heterocycles. The molecule has 23 heavy (non-hydrogen) atoms. The molecule has 116 valence electrons. The summed E-state index contributed by atoms with van der Waals surface area (Å²) >= 11 is 3.47. The van der Waals surface area contributed by atoms with Gasteiger partial charge >= 0.3 is 0 Å². The molecule has 0 spiro atoms. The van der Waals surface area contributed by atoms with Gasteiger partial charge in [-0.05, 0) is 44.2 Å². The molecule has 0 aliphatic rings. The number of anilines is 4. The molecule has 0 fully saturated rings. The Labute approximate surface area is 144 Å². The van der Waals surface area contributed by atoms with Crippen molar-refractivity contribution in [2.24, 2.45) is 0 Å². The van der Waals surface area contributed by atoms with Crippen molar-refractivity contribution in [3.8, 4) is 0 Å². The van der Waals surface area contributed by atoms with Crippen molar-refractivity contribution in [1.29, 1.82) is 0 Å². The van der Waals surface area contributed by atoms with E-state index in [9.17, 15) is 0 Å². The number of aromatic nitrogens is 2. The van der Waals surface area contributed by atoms with Crippen LogP contribution in [0, 0.1) is 13.8 Å². The van der Waals surface area contributed by atoms with Crippen LogP contribution >= 0.6 is 15.9 Å². The van der Waals surface area contributed by atoms with E-state index < -0.39 is 0 Å². The van der Waals surface area contributed by atoms with Crippen LogP contribution < -0.4 is 10.6 Å². The quantitative estimate of drug-likeness (QED) is 0.652. The average Bonchev–Trinajstić information content (AvgIpc) is 2.49. The fourth-order valence-corrected chi connectivity index (χ4v) is 2.57. The molecule has 0 atom stereocenters. The van der Waals surface area contributed by atoms with E-state index in [0.29, 0.717) is 5.95 Å². The standard InChI is InChI=1S/C18H17BrN4/c1-12-6-8-15(9-7-12)22-18-20-13(2)10-17(23-18)21-16-5-3-4-14(19)11-16/h3-11H,1-2H3,(H2,20,21,22,23). The van der Waals surface area contributed by atoms with Crippen LogP contribution in [0.3, 0.4) is 0 Å². The van der Waals surface area contributed by atoms with E-state index in [2.05, 4.69) is 55.6 Å². The highest BCUT2D eigenvalue weighted by atomic mass is 79.9. The lowest BCUT2D eigenvalue weighted by molar-refractivity contribution is 1.11. The number of benzene rings is 2. The molecular weight excluding hydrogens is 352 g/mol. The smallest absolute Gasteiger partial charge is 0.229 e. The van der Waals surface area contributed by atoms with Crippen LogP contribution in [0.4, 0.5) is 23.1 Å². The zero-order chi connectivity index (χ0) is 16.2. The topological polar surface area (TPSA) is 49.8 Å². The molecule has 0 amide bonds. The SMILES string of the molecule is Cc1ccc(Nc2nc(C)cc(Nc3cccc(Br)c3)n2)cc1. The van der Waals surface area contributed by atoms with Crippen LogP contribution in [0.15, 0.2) is 59.1 Å². The highest BCUT2D eigenvalue weighted by Crippen LogP contribution is 2.21. The Bertz CT molecular complexity index is 816. The molecule has 5 heteroatoms. The van der Waals surface area contributed by atoms with Gasteiger partial charge in [0, 0.05) is 27.6 Å². The molecule has 0 unspecified atom stereocenters. The number of aryl methyl sites for hydroxylation is 2. The molecule has 0 aliphatic carbocycles. The third-order valence-corrected chi connectivity index (χ3v) is 3.75. The highest BCUT2D eigenvalue weighted by Gasteiger charge is 2.04. The fourth-order valence-electron chi connectivity index (χ4n) is 2.17. The van der Waals surface area contributed by atoms with E-state index in [-0.39, 0.29) is 0 Å². The second-order valence-electron chi connectivity index (χ2n) is 5.34. The normalized spacial score (nSPS) is 10.4. The zero-order valence-corrected chi connectivity index (χ0v) is 14.6. The first-order chi connectivity index (χ1) is 11.1. The molecule has 1 aromatic heterocycles. The van der Waals surface area contributed by atoms with E-state index in [0.717, 1.165) is 27.4 Å². The van der Waals surface area contributed by atoms with E-state index in [1.165, 1.54) is 5.56 Å². The maximum absolute atomic E-state index is 4.53. The van der Waals surface area contributed by atoms with Gasteiger partial charge in [0.05, 0.1) is 0 Å². The summed E-state index contributed by atoms with van der Waals surface area (Å²) in [5.74, 6) is 1.33. The number of rotatable bonds is 4. The van der Waals surface area contributed by atoms with Crippen LogP contribution in [0.1, 0.15) is 11.3 Å². The second-order valence-corrected chi connectivity index (χ2v) is 6.26. The van der Waals surface area contributed by atoms with Gasteiger partial charge in [0.2, 0.25) is 5.95 Å². The summed E-state index contributed by atoms with van der Waals surface area (Å²) in [5.41, 5.74) is 4.05. The highest BCUT2D eigenvalue weighted by molar-refractivity contribution is 9.10. The van der Waals surface area contributed by atoms with Crippen molar-refractivity contribution < 1.29 is 0 Å². The first-order valence-electron chi connectivity index (χ1n) is 7.30. The summed E-state index contributed by atoms with van der Waals surface area (Å²) in [7, 11) is 0. The minimum atomic E-state index is 0.575. The van der Waals surface area contributed by atoms with Crippen molar-refractivity contribution in [3.63, 3.8) is 0 Å². The van der Waals surface area contributed by atoms with Crippen LogP contribution in [0.5, 0.6) is 0 Å². The van der Waals surface area contributed by atoms with Gasteiger partial charge in [0.15, 0.2) is 0 Å². The Morgan fingerprint density at radius 1 is 0.826 bits per heavy atom. The lowest BCUT2D eigenvalue weighted by Gasteiger charge is -2.10. The van der Waals surface area contributed by atoms with Gasteiger partial charge in [-0.2, -0.15) is 4.98 Å². The van der Waals surface area contributed by atoms with Gasteiger partial charge in [-0.25, -0.2) is 4.98 Å². The Morgan fingerprint density at radius 3 is 2.35 bits per heavy atom. The average molecular weight is 369 g/mol. The maximum atomic E-state index is 4.53. The minimum Gasteiger partial charge on any atom is -0.340 e. The lowest BCUT2D eigenvalue weighted by Crippen LogP contribution is -2.02. The van der Waals surface area contributed by atoms with Crippen molar-refractivity contribution in [3.05, 3.63) is 70.3 Å². The third kappa shape index (κ3) is 4.29. The molecule has 2 N–H and O–H groups in total. The van der Waals surface area contributed by atoms with Crippen LogP contribution in [0.25, 0.3) is 0 Å². The summed E-state index contributed by atoms with van der Waals surface area (Å²) in [6.45, 7) is 4.01. The van der Waals surface area contributed by atoms with Crippen molar-refractivity contribution in [2.45, 2.75) is 13.8 Å². The molecule has 0 saturated carbocycles. The summed E-state index contributed by atoms with van der Waals surface area (Å²) in [4.78, 5) is 8.97. The number of nitrogens with zero attached hydrogens (tertiary/aromatic N) is 2. The second kappa shape index (κ2) is 6.79. The molecule has 4 nitrogen and oxygen atoms in total. The molecular formula is C18H17BrN4. The largest absolute Gasteiger partial charge is 0.340 e. The van der Waals surface area contributed by atoms with Crippen molar-refractivity contribution in [2.75, 3.05) is 10.6 Å². The van der Waals surface area contributed by atoms with Crippen molar-refractivity contribution in [1.82, 2.24) is 9.97 Å². The van der Waals surface area contributed by atoms with Crippen LogP contribution in [-0.2, 0) is 0 Å². The number of hydrogen-bond donors (Lipinski definition) is 2. The summed E-state index contributed by atoms with van der Waals surface area (Å²) in [5, 5.41) is 6.54. The summed E-state index contributed by atoms with van der Waals surface area (Å²) in [6, 6.07) is 18.0. The predicted octanol–water partition coefficient (Wildman–Crippen LogP) is 5.34. The number of halogens is 1. The van der Waals surface area contributed by atoms with E-state index in [4.69, 9.17) is 0 Å². The molecule has 2 aromatic carbocycles. The van der Waals surface area contributed by atoms with Gasteiger partial charge in [-0.1, -0.05) is 39.7 Å². The Balaban J connectivity index is 1.82. The summed E-state index contributed by atoms with van der Waals surface area (Å²) < 4.78 is 1.02. The Morgan fingerprint density at radius 2 is 1.61 bits per heavy atom. The number of nitrogens with one attached hydrogen (secondary N) is 2.